The standard InChI is InChI=1S/C17H18O.C13H22O.C12H22O.C12H24O.C11H22O.C10H20O.2C10H14O.C9H18O3.C8H16O2.C7H15FO/c1-12(2)18-11-17-15-9-5-3-7-13(15)14-8-4-6-10-16(14)17;1-9(2)14-13-6-10-3-11(7-13)5-12(4-10)8-13;1-8(2)13-7-12-9(3)10-4-5-11(12)6-10;1-10(2)13-9-11(3)12-7-5-4-6-8-12;1-9(2)12-8-11-6-4-10(3)5-7-11;2*1-8(2)11-10-6-4-9(3)5-7-10;1-9(2)11-8-10-6-4-3-5-7-10;1-7(2)12-6-9(3,4)8(10)11-5;1-7(2)10-8-3-5-9-6-4-8;1-6(2)9-5-7(3,4)8/h3-10,12,17H,11H2,1-2H3;9-12H,3-8H2,1-2H3;8-12H,4-7H2,1-3H3;10-12H,4-9H2,1-3H3;9-11H,4-8H2,1-3H3;8-10H,4-7H2,1-3H3;4-8H,1-3H3;3-7,9H,8H2,1-2H3;7H,6H2,1-5H3;7-8H,3-6H2,1-2H3;6H,5H2,1-4H3. The number of esters is 1. The molecule has 134 heavy (non-hydrogen) atoms. The highest BCUT2D eigenvalue weighted by Crippen LogP contribution is 2.58. The van der Waals surface area contributed by atoms with Crippen molar-refractivity contribution in [2.45, 2.75) is 472 Å². The van der Waals surface area contributed by atoms with Crippen LogP contribution in [0.1, 0.15) is 390 Å². The van der Waals surface area contributed by atoms with Gasteiger partial charge in [-0.3, -0.25) is 4.79 Å². The molecule has 4 aromatic carbocycles. The highest BCUT2D eigenvalue weighted by Gasteiger charge is 2.52. The number of methoxy groups -OCH3 is 1. The van der Waals surface area contributed by atoms with Gasteiger partial charge in [0.2, 0.25) is 0 Å². The van der Waals surface area contributed by atoms with Gasteiger partial charge in [-0.2, -0.15) is 0 Å². The van der Waals surface area contributed by atoms with Gasteiger partial charge in [0, 0.05) is 32.3 Å². The van der Waals surface area contributed by atoms with Gasteiger partial charge in [0.05, 0.1) is 131 Å². The van der Waals surface area contributed by atoms with Crippen molar-refractivity contribution < 1.29 is 70.8 Å². The molecule has 772 valence electrons. The number of halogens is 1. The molecular formula is C119H205FO14. The maximum atomic E-state index is 12.6. The molecule has 15 heteroatoms. The number of hydrogen-bond acceptors (Lipinski definition) is 14. The Morgan fingerprint density at radius 3 is 1.31 bits per heavy atom. The van der Waals surface area contributed by atoms with Gasteiger partial charge in [-0.15, -0.1) is 0 Å². The van der Waals surface area contributed by atoms with Crippen molar-refractivity contribution in [2.75, 3.05) is 60.0 Å². The monoisotopic (exact) mass is 1880 g/mol. The van der Waals surface area contributed by atoms with Crippen LogP contribution >= 0.6 is 0 Å². The zero-order chi connectivity index (χ0) is 99.7. The lowest BCUT2D eigenvalue weighted by Gasteiger charge is -2.56. The summed E-state index contributed by atoms with van der Waals surface area (Å²) in [6, 6.07) is 35.6. The molecule has 4 aromatic rings. The molecule has 15 rings (SSSR count). The summed E-state index contributed by atoms with van der Waals surface area (Å²) in [5.74, 6) is 12.4. The molecule has 10 aliphatic carbocycles. The fraction of sp³-hybridized carbons (Fsp3) is 0.790. The number of ether oxygens (including phenoxy) is 13. The highest BCUT2D eigenvalue weighted by atomic mass is 19.1. The summed E-state index contributed by atoms with van der Waals surface area (Å²) in [5, 5.41) is 0. The van der Waals surface area contributed by atoms with E-state index >= 15 is 0 Å². The summed E-state index contributed by atoms with van der Waals surface area (Å²) >= 11 is 0. The fourth-order valence-electron chi connectivity index (χ4n) is 20.4. The van der Waals surface area contributed by atoms with Crippen molar-refractivity contribution in [3.63, 3.8) is 0 Å². The molecule has 5 unspecified atom stereocenters. The molecular weight excluding hydrogens is 1670 g/mol. The van der Waals surface area contributed by atoms with Crippen molar-refractivity contribution in [2.24, 2.45) is 76.4 Å². The number of hydrogen-bond donors (Lipinski definition) is 0. The van der Waals surface area contributed by atoms with Crippen LogP contribution in [0.2, 0.25) is 0 Å². The summed E-state index contributed by atoms with van der Waals surface area (Å²) in [7, 11) is 1.39. The van der Waals surface area contributed by atoms with Crippen LogP contribution in [0.25, 0.3) is 11.1 Å². The lowest BCUT2D eigenvalue weighted by Crippen LogP contribution is -2.52. The van der Waals surface area contributed by atoms with Crippen LogP contribution in [0.3, 0.4) is 0 Å². The van der Waals surface area contributed by atoms with Crippen molar-refractivity contribution >= 4 is 5.97 Å². The third kappa shape index (κ3) is 52.4. The van der Waals surface area contributed by atoms with E-state index in [9.17, 15) is 9.18 Å². The van der Waals surface area contributed by atoms with Crippen molar-refractivity contribution in [3.8, 4) is 16.9 Å². The van der Waals surface area contributed by atoms with Gasteiger partial charge in [0.15, 0.2) is 0 Å². The number of alkyl halides is 1. The number of carbonyl (C=O) groups is 1. The summed E-state index contributed by atoms with van der Waals surface area (Å²) < 4.78 is 84.2. The van der Waals surface area contributed by atoms with E-state index in [1.807, 2.05) is 85.7 Å². The van der Waals surface area contributed by atoms with E-state index in [4.69, 9.17) is 56.8 Å². The van der Waals surface area contributed by atoms with E-state index < -0.39 is 11.1 Å². The molecule has 14 nitrogen and oxygen atoms in total. The van der Waals surface area contributed by atoms with Crippen LogP contribution in [0.15, 0.2) is 103 Å². The van der Waals surface area contributed by atoms with Gasteiger partial charge in [0.1, 0.15) is 11.4 Å². The predicted octanol–water partition coefficient (Wildman–Crippen LogP) is 31.3. The summed E-state index contributed by atoms with van der Waals surface area (Å²) in [6.45, 7) is 70.5. The molecule has 9 saturated carbocycles. The second kappa shape index (κ2) is 65.7. The number of aryl methyl sites for hydroxylation is 1. The minimum Gasteiger partial charge on any atom is -0.491 e. The number of rotatable bonds is 31. The van der Waals surface area contributed by atoms with Gasteiger partial charge in [0.25, 0.3) is 0 Å². The average Bonchev–Trinajstić information content (AvgIpc) is 1.70. The second-order valence-corrected chi connectivity index (χ2v) is 45.6. The first-order valence-corrected chi connectivity index (χ1v) is 53.8. The maximum absolute atomic E-state index is 12.6. The SMILES string of the molecule is CC(C)OC12CC3CC(CC(C3)C1)C2.CC(C)OC1CCOCC1.CC(C)OCC(C)(C)F.CC(C)OCC(C)C1CCCCC1.CC(C)OCC1C2CCC(C2)C1C.CC(C)OCC1c2ccccc2-c2ccccc21.CC(C)OCc1ccccc1.CC1CCC(COC(C)C)CC1.CC1CCC(OC(C)C)CC1.COC(=O)C(C)(C)COC(C)C.Cc1ccc(OC(C)C)cc1. The van der Waals surface area contributed by atoms with E-state index in [2.05, 4.69) is 209 Å². The van der Waals surface area contributed by atoms with Crippen LogP contribution in [0.5, 0.6) is 5.75 Å². The van der Waals surface area contributed by atoms with Crippen LogP contribution < -0.4 is 4.74 Å². The molecule has 0 spiro atoms. The largest absolute Gasteiger partial charge is 0.491 e. The Balaban J connectivity index is 0.000000310. The molecule has 0 N–H and O–H groups in total. The van der Waals surface area contributed by atoms with E-state index in [-0.39, 0.29) is 37.0 Å². The first-order valence-electron chi connectivity index (χ1n) is 53.8. The molecule has 0 amide bonds. The fourth-order valence-corrected chi connectivity index (χ4v) is 20.4. The van der Waals surface area contributed by atoms with Gasteiger partial charge < -0.3 is 61.6 Å². The normalized spacial score (nSPS) is 24.2. The molecule has 1 saturated heterocycles. The molecule has 1 aliphatic heterocycles. The smallest absolute Gasteiger partial charge is 0.313 e. The van der Waals surface area contributed by atoms with Crippen molar-refractivity contribution in [1.82, 2.24) is 0 Å². The van der Waals surface area contributed by atoms with Crippen LogP contribution in [0.4, 0.5) is 4.39 Å². The molecule has 6 bridgehead atoms. The minimum atomic E-state index is -1.19. The zero-order valence-corrected chi connectivity index (χ0v) is 91.8. The Hall–Kier alpha value is -4.36. The first-order chi connectivity index (χ1) is 63.2. The average molecular weight is 1880 g/mol. The van der Waals surface area contributed by atoms with Crippen LogP contribution in [-0.2, 0) is 68.2 Å². The molecule has 11 aliphatic rings. The first kappa shape index (κ1) is 122. The van der Waals surface area contributed by atoms with Gasteiger partial charge >= 0.3 is 5.97 Å². The van der Waals surface area contributed by atoms with E-state index in [0.29, 0.717) is 73.1 Å². The molecule has 0 radical (unpaired) electrons. The Labute approximate surface area is 822 Å². The maximum Gasteiger partial charge on any atom is 0.313 e. The number of carbonyl (C=O) groups excluding carboxylic acids is 1. The predicted molar refractivity (Wildman–Crippen MR) is 560 cm³/mol. The third-order valence-corrected chi connectivity index (χ3v) is 27.3. The van der Waals surface area contributed by atoms with Crippen molar-refractivity contribution in [3.05, 3.63) is 125 Å². The van der Waals surface area contributed by atoms with E-state index in [1.54, 1.807) is 13.8 Å². The zero-order valence-electron chi connectivity index (χ0n) is 91.8. The highest BCUT2D eigenvalue weighted by molar-refractivity contribution is 5.79. The topological polar surface area (TPSA) is 137 Å². The summed E-state index contributed by atoms with van der Waals surface area (Å²) in [6.07, 6.45) is 37.9. The van der Waals surface area contributed by atoms with E-state index in [1.165, 1.54) is 196 Å². The van der Waals surface area contributed by atoms with Crippen molar-refractivity contribution in [1.29, 1.82) is 0 Å². The lowest BCUT2D eigenvalue weighted by atomic mass is 9.54. The molecule has 0 aromatic heterocycles. The summed E-state index contributed by atoms with van der Waals surface area (Å²) in [4.78, 5) is 11.1. The van der Waals surface area contributed by atoms with Gasteiger partial charge in [-0.05, 0) is 407 Å². The van der Waals surface area contributed by atoms with Gasteiger partial charge in [-0.1, -0.05) is 169 Å². The van der Waals surface area contributed by atoms with Crippen LogP contribution in [0, 0.1) is 83.4 Å². The quantitative estimate of drug-likeness (QED) is 0.0442. The molecule has 5 atom stereocenters. The Bertz CT molecular complexity index is 3460. The van der Waals surface area contributed by atoms with Crippen LogP contribution in [-0.4, -0.2) is 157 Å². The Morgan fingerprint density at radius 2 is 0.873 bits per heavy atom. The Kier molecular flexibility index (Phi) is 59.8. The van der Waals surface area contributed by atoms with E-state index in [0.717, 1.165) is 136 Å². The minimum absolute atomic E-state index is 0.125. The molecule has 10 fully saturated rings. The number of benzene rings is 4. The lowest BCUT2D eigenvalue weighted by molar-refractivity contribution is -0.180. The second-order valence-electron chi connectivity index (χ2n) is 45.6. The molecule has 1 heterocycles. The number of fused-ring (bicyclic) bond motifs is 5. The summed E-state index contributed by atoms with van der Waals surface area (Å²) in [5.41, 5.74) is 6.63. The van der Waals surface area contributed by atoms with Gasteiger partial charge in [-0.25, -0.2) is 4.39 Å². The third-order valence-electron chi connectivity index (χ3n) is 27.3. The Morgan fingerprint density at radius 1 is 0.433 bits per heavy atom.